The SMILES string of the molecule is CCCCc1nocc1COc1ccc(C(=O)NCC(C)O)cn1. The quantitative estimate of drug-likeness (QED) is 0.729. The van der Waals surface area contributed by atoms with Crippen molar-refractivity contribution in [3.63, 3.8) is 0 Å². The lowest BCUT2D eigenvalue weighted by Crippen LogP contribution is -2.30. The first-order valence-electron chi connectivity index (χ1n) is 8.07. The molecule has 2 N–H and O–H groups in total. The van der Waals surface area contributed by atoms with Crippen molar-refractivity contribution in [2.45, 2.75) is 45.8 Å². The van der Waals surface area contributed by atoms with E-state index in [0.717, 1.165) is 30.5 Å². The summed E-state index contributed by atoms with van der Waals surface area (Å²) in [5.74, 6) is 0.139. The minimum atomic E-state index is -0.588. The Hall–Kier alpha value is -2.41. The molecule has 1 amide bonds. The van der Waals surface area contributed by atoms with E-state index in [4.69, 9.17) is 14.4 Å². The lowest BCUT2D eigenvalue weighted by molar-refractivity contribution is 0.0923. The van der Waals surface area contributed by atoms with Crippen molar-refractivity contribution in [3.8, 4) is 5.88 Å². The molecule has 0 aliphatic heterocycles. The van der Waals surface area contributed by atoms with Gasteiger partial charge in [-0.3, -0.25) is 4.79 Å². The maximum atomic E-state index is 11.8. The van der Waals surface area contributed by atoms with E-state index in [1.54, 1.807) is 25.3 Å². The van der Waals surface area contributed by atoms with E-state index in [9.17, 15) is 4.79 Å². The highest BCUT2D eigenvalue weighted by atomic mass is 16.5. The number of pyridine rings is 1. The van der Waals surface area contributed by atoms with Gasteiger partial charge in [-0.15, -0.1) is 0 Å². The topological polar surface area (TPSA) is 97.5 Å². The maximum absolute atomic E-state index is 11.8. The number of hydrogen-bond acceptors (Lipinski definition) is 6. The lowest BCUT2D eigenvalue weighted by Gasteiger charge is -2.08. The van der Waals surface area contributed by atoms with Gasteiger partial charge in [0.15, 0.2) is 0 Å². The molecule has 0 aliphatic rings. The molecule has 2 heterocycles. The zero-order valence-electron chi connectivity index (χ0n) is 14.0. The minimum Gasteiger partial charge on any atom is -0.473 e. The number of amides is 1. The van der Waals surface area contributed by atoms with E-state index < -0.39 is 6.10 Å². The van der Waals surface area contributed by atoms with Crippen LogP contribution in [0.1, 0.15) is 48.3 Å². The van der Waals surface area contributed by atoms with Crippen molar-refractivity contribution in [1.29, 1.82) is 0 Å². The minimum absolute atomic E-state index is 0.200. The van der Waals surface area contributed by atoms with Crippen LogP contribution in [0.2, 0.25) is 0 Å². The van der Waals surface area contributed by atoms with Crippen LogP contribution >= 0.6 is 0 Å². The molecule has 2 aromatic rings. The van der Waals surface area contributed by atoms with Gasteiger partial charge in [0, 0.05) is 18.8 Å². The first-order chi connectivity index (χ1) is 11.6. The van der Waals surface area contributed by atoms with Gasteiger partial charge in [-0.05, 0) is 25.8 Å². The Morgan fingerprint density at radius 2 is 2.29 bits per heavy atom. The Kier molecular flexibility index (Phi) is 6.74. The second-order valence-corrected chi connectivity index (χ2v) is 5.62. The summed E-state index contributed by atoms with van der Waals surface area (Å²) in [5, 5.41) is 15.8. The number of aryl methyl sites for hydroxylation is 1. The van der Waals surface area contributed by atoms with Gasteiger partial charge in [0.2, 0.25) is 5.88 Å². The summed E-state index contributed by atoms with van der Waals surface area (Å²) in [4.78, 5) is 15.9. The van der Waals surface area contributed by atoms with Gasteiger partial charge in [0.05, 0.1) is 22.9 Å². The Morgan fingerprint density at radius 3 is 2.96 bits per heavy atom. The van der Waals surface area contributed by atoms with Crippen molar-refractivity contribution in [1.82, 2.24) is 15.5 Å². The lowest BCUT2D eigenvalue weighted by atomic mass is 10.1. The Bertz CT molecular complexity index is 638. The van der Waals surface area contributed by atoms with Gasteiger partial charge < -0.3 is 19.7 Å². The number of carbonyl (C=O) groups excluding carboxylic acids is 1. The van der Waals surface area contributed by atoms with Crippen LogP contribution in [0.15, 0.2) is 29.1 Å². The van der Waals surface area contributed by atoms with Crippen LogP contribution in [-0.2, 0) is 13.0 Å². The maximum Gasteiger partial charge on any atom is 0.252 e. The van der Waals surface area contributed by atoms with Crippen molar-refractivity contribution < 1.29 is 19.2 Å². The molecule has 0 fully saturated rings. The fourth-order valence-electron chi connectivity index (χ4n) is 2.04. The van der Waals surface area contributed by atoms with Crippen molar-refractivity contribution >= 4 is 5.91 Å². The first-order valence-corrected chi connectivity index (χ1v) is 8.07. The average molecular weight is 333 g/mol. The number of rotatable bonds is 9. The number of hydrogen-bond donors (Lipinski definition) is 2. The molecule has 24 heavy (non-hydrogen) atoms. The van der Waals surface area contributed by atoms with Gasteiger partial charge in [-0.25, -0.2) is 4.98 Å². The number of carbonyl (C=O) groups is 1. The van der Waals surface area contributed by atoms with Crippen LogP contribution < -0.4 is 10.1 Å². The molecule has 0 saturated carbocycles. The Labute approximate surface area is 141 Å². The highest BCUT2D eigenvalue weighted by Gasteiger charge is 2.10. The first kappa shape index (κ1) is 17.9. The highest BCUT2D eigenvalue weighted by Crippen LogP contribution is 2.14. The fraction of sp³-hybridized carbons (Fsp3) is 0.471. The zero-order valence-corrected chi connectivity index (χ0v) is 14.0. The van der Waals surface area contributed by atoms with Crippen LogP contribution in [0, 0.1) is 0 Å². The van der Waals surface area contributed by atoms with Gasteiger partial charge >= 0.3 is 0 Å². The van der Waals surface area contributed by atoms with Crippen LogP contribution in [0.3, 0.4) is 0 Å². The predicted octanol–water partition coefficient (Wildman–Crippen LogP) is 2.10. The molecule has 0 bridgehead atoms. The summed E-state index contributed by atoms with van der Waals surface area (Å²) in [6, 6.07) is 3.27. The molecule has 0 aliphatic carbocycles. The van der Waals surface area contributed by atoms with Crippen LogP contribution in [0.4, 0.5) is 0 Å². The molecule has 7 heteroatoms. The monoisotopic (exact) mass is 333 g/mol. The summed E-state index contributed by atoms with van der Waals surface area (Å²) >= 11 is 0. The molecule has 2 rings (SSSR count). The summed E-state index contributed by atoms with van der Waals surface area (Å²) in [5.41, 5.74) is 2.23. The fourth-order valence-corrected chi connectivity index (χ4v) is 2.04. The predicted molar refractivity (Wildman–Crippen MR) is 87.7 cm³/mol. The van der Waals surface area contributed by atoms with Gasteiger partial charge in [0.25, 0.3) is 5.91 Å². The van der Waals surface area contributed by atoms with E-state index in [1.165, 1.54) is 6.20 Å². The van der Waals surface area contributed by atoms with Gasteiger partial charge in [0.1, 0.15) is 12.9 Å². The molecule has 1 unspecified atom stereocenters. The largest absolute Gasteiger partial charge is 0.473 e. The number of aliphatic hydroxyl groups excluding tert-OH is 1. The number of ether oxygens (including phenoxy) is 1. The van der Waals surface area contributed by atoms with Crippen molar-refractivity contribution in [2.75, 3.05) is 6.54 Å². The Morgan fingerprint density at radius 1 is 1.46 bits per heavy atom. The van der Waals surface area contributed by atoms with Gasteiger partial charge in [-0.1, -0.05) is 18.5 Å². The summed E-state index contributed by atoms with van der Waals surface area (Å²) in [6.45, 7) is 4.25. The molecular formula is C17H23N3O4. The number of aromatic nitrogens is 2. The van der Waals surface area contributed by atoms with Crippen molar-refractivity contribution in [2.24, 2.45) is 0 Å². The summed E-state index contributed by atoms with van der Waals surface area (Å²) < 4.78 is 10.6. The third kappa shape index (κ3) is 5.34. The number of nitrogens with zero attached hydrogens (tertiary/aromatic N) is 2. The average Bonchev–Trinajstić information content (AvgIpc) is 3.03. The van der Waals surface area contributed by atoms with E-state index in [2.05, 4.69) is 22.4 Å². The molecular weight excluding hydrogens is 310 g/mol. The zero-order chi connectivity index (χ0) is 17.4. The molecule has 0 saturated heterocycles. The second-order valence-electron chi connectivity index (χ2n) is 5.62. The normalized spacial score (nSPS) is 12.0. The van der Waals surface area contributed by atoms with Crippen molar-refractivity contribution in [3.05, 3.63) is 41.4 Å². The number of aliphatic hydroxyl groups is 1. The molecule has 130 valence electrons. The third-order valence-corrected chi connectivity index (χ3v) is 3.43. The molecule has 0 aromatic carbocycles. The molecule has 7 nitrogen and oxygen atoms in total. The molecule has 1 atom stereocenters. The van der Waals surface area contributed by atoms with E-state index >= 15 is 0 Å². The van der Waals surface area contributed by atoms with Crippen LogP contribution in [0.25, 0.3) is 0 Å². The summed E-state index contributed by atoms with van der Waals surface area (Å²) in [7, 11) is 0. The third-order valence-electron chi connectivity index (χ3n) is 3.43. The van der Waals surface area contributed by atoms with Crippen LogP contribution in [0.5, 0.6) is 5.88 Å². The molecule has 0 radical (unpaired) electrons. The standard InChI is InChI=1S/C17H23N3O4/c1-3-4-5-15-14(11-24-20-15)10-23-16-7-6-13(9-18-16)17(22)19-8-12(2)21/h6-7,9,11-12,21H,3-5,8,10H2,1-2H3,(H,19,22). The smallest absolute Gasteiger partial charge is 0.252 e. The Balaban J connectivity index is 1.88. The van der Waals surface area contributed by atoms with Crippen LogP contribution in [-0.4, -0.2) is 33.8 Å². The van der Waals surface area contributed by atoms with Gasteiger partial charge in [-0.2, -0.15) is 0 Å². The molecule has 2 aromatic heterocycles. The van der Waals surface area contributed by atoms with E-state index in [0.29, 0.717) is 18.1 Å². The van der Waals surface area contributed by atoms with E-state index in [-0.39, 0.29) is 12.5 Å². The summed E-state index contributed by atoms with van der Waals surface area (Å²) in [6.07, 6.45) is 5.44. The number of nitrogens with one attached hydrogen (secondary N) is 1. The molecule has 0 spiro atoms. The highest BCUT2D eigenvalue weighted by molar-refractivity contribution is 5.93. The second kappa shape index (κ2) is 9.02. The number of unbranched alkanes of at least 4 members (excludes halogenated alkanes) is 1. The van der Waals surface area contributed by atoms with E-state index in [1.807, 2.05) is 0 Å².